The molecule has 122 valence electrons. The minimum absolute atomic E-state index is 0.0194. The zero-order chi connectivity index (χ0) is 16.8. The van der Waals surface area contributed by atoms with Crippen LogP contribution in [-0.2, 0) is 4.79 Å². The first kappa shape index (κ1) is 16.9. The van der Waals surface area contributed by atoms with Crippen molar-refractivity contribution in [2.75, 3.05) is 19.5 Å². The first-order chi connectivity index (χ1) is 11.1. The standard InChI is InChI=1S/C19H23NO3/c1-5-15(14-9-7-6-8-10-14)19(21)20-16-12-18(23-4)17(22-3)11-13(16)2/h6-12,15H,5H2,1-4H3,(H,20,21). The molecule has 1 unspecified atom stereocenters. The Hall–Kier alpha value is -2.49. The Bertz CT molecular complexity index is 668. The Morgan fingerprint density at radius 1 is 1.09 bits per heavy atom. The summed E-state index contributed by atoms with van der Waals surface area (Å²) in [5.74, 6) is 1.05. The van der Waals surface area contributed by atoms with Crippen molar-refractivity contribution in [2.24, 2.45) is 0 Å². The number of nitrogens with one attached hydrogen (secondary N) is 1. The number of rotatable bonds is 6. The topological polar surface area (TPSA) is 47.6 Å². The summed E-state index contributed by atoms with van der Waals surface area (Å²) in [6.07, 6.45) is 0.738. The molecule has 0 saturated heterocycles. The third-order valence-corrected chi connectivity index (χ3v) is 3.92. The maximum absolute atomic E-state index is 12.7. The van der Waals surface area contributed by atoms with Crippen molar-refractivity contribution in [2.45, 2.75) is 26.2 Å². The molecule has 4 heteroatoms. The van der Waals surface area contributed by atoms with Crippen molar-refractivity contribution in [1.82, 2.24) is 0 Å². The van der Waals surface area contributed by atoms with Crippen LogP contribution in [0.15, 0.2) is 42.5 Å². The van der Waals surface area contributed by atoms with Gasteiger partial charge in [0, 0.05) is 11.8 Å². The molecule has 0 bridgehead atoms. The Balaban J connectivity index is 2.25. The minimum atomic E-state index is -0.177. The van der Waals surface area contributed by atoms with Crippen LogP contribution in [-0.4, -0.2) is 20.1 Å². The first-order valence-electron chi connectivity index (χ1n) is 7.69. The molecule has 0 aromatic heterocycles. The SMILES string of the molecule is CCC(C(=O)Nc1cc(OC)c(OC)cc1C)c1ccccc1. The summed E-state index contributed by atoms with van der Waals surface area (Å²) in [6.45, 7) is 3.94. The average Bonchev–Trinajstić information content (AvgIpc) is 2.58. The predicted octanol–water partition coefficient (Wildman–Crippen LogP) is 4.14. The molecule has 0 aliphatic carbocycles. The number of carbonyl (C=O) groups excluding carboxylic acids is 1. The molecule has 0 fully saturated rings. The molecule has 1 atom stereocenters. The zero-order valence-corrected chi connectivity index (χ0v) is 14.1. The third kappa shape index (κ3) is 3.83. The van der Waals surface area contributed by atoms with Gasteiger partial charge < -0.3 is 14.8 Å². The van der Waals surface area contributed by atoms with Gasteiger partial charge in [-0.15, -0.1) is 0 Å². The van der Waals surface area contributed by atoms with Crippen molar-refractivity contribution in [1.29, 1.82) is 0 Å². The maximum atomic E-state index is 12.7. The van der Waals surface area contributed by atoms with Crippen molar-refractivity contribution in [3.8, 4) is 11.5 Å². The van der Waals surface area contributed by atoms with Gasteiger partial charge in [-0.3, -0.25) is 4.79 Å². The van der Waals surface area contributed by atoms with Crippen LogP contribution in [0.4, 0.5) is 5.69 Å². The van der Waals surface area contributed by atoms with Crippen LogP contribution < -0.4 is 14.8 Å². The molecule has 2 aromatic carbocycles. The number of hydrogen-bond donors (Lipinski definition) is 1. The molecular formula is C19H23NO3. The highest BCUT2D eigenvalue weighted by atomic mass is 16.5. The molecular weight excluding hydrogens is 290 g/mol. The van der Waals surface area contributed by atoms with Crippen molar-refractivity contribution < 1.29 is 14.3 Å². The number of amides is 1. The number of methoxy groups -OCH3 is 2. The van der Waals surface area contributed by atoms with E-state index in [2.05, 4.69) is 5.32 Å². The Morgan fingerprint density at radius 2 is 1.70 bits per heavy atom. The van der Waals surface area contributed by atoms with Gasteiger partial charge in [0.05, 0.1) is 20.1 Å². The van der Waals surface area contributed by atoms with Crippen LogP contribution in [0, 0.1) is 6.92 Å². The van der Waals surface area contributed by atoms with Crippen molar-refractivity contribution in [3.63, 3.8) is 0 Å². The molecule has 2 aromatic rings. The van der Waals surface area contributed by atoms with Gasteiger partial charge >= 0.3 is 0 Å². The highest BCUT2D eigenvalue weighted by Gasteiger charge is 2.20. The molecule has 0 aliphatic rings. The van der Waals surface area contributed by atoms with Crippen LogP contribution in [0.25, 0.3) is 0 Å². The fraction of sp³-hybridized carbons (Fsp3) is 0.316. The number of hydrogen-bond acceptors (Lipinski definition) is 3. The monoisotopic (exact) mass is 313 g/mol. The van der Waals surface area contributed by atoms with E-state index in [1.54, 1.807) is 20.3 Å². The van der Waals surface area contributed by atoms with E-state index in [1.807, 2.05) is 50.2 Å². The van der Waals surface area contributed by atoms with Gasteiger partial charge in [0.25, 0.3) is 0 Å². The molecule has 1 N–H and O–H groups in total. The van der Waals surface area contributed by atoms with Crippen molar-refractivity contribution >= 4 is 11.6 Å². The van der Waals surface area contributed by atoms with Crippen molar-refractivity contribution in [3.05, 3.63) is 53.6 Å². The quantitative estimate of drug-likeness (QED) is 0.871. The lowest BCUT2D eigenvalue weighted by molar-refractivity contribution is -0.117. The molecule has 0 heterocycles. The summed E-state index contributed by atoms with van der Waals surface area (Å²) in [6, 6.07) is 13.5. The lowest BCUT2D eigenvalue weighted by Crippen LogP contribution is -2.21. The Morgan fingerprint density at radius 3 is 2.26 bits per heavy atom. The summed E-state index contributed by atoms with van der Waals surface area (Å²) in [5, 5.41) is 3.01. The number of ether oxygens (including phenoxy) is 2. The highest BCUT2D eigenvalue weighted by Crippen LogP contribution is 2.33. The second-order valence-electron chi connectivity index (χ2n) is 5.38. The van der Waals surface area contributed by atoms with E-state index < -0.39 is 0 Å². The molecule has 2 rings (SSSR count). The largest absolute Gasteiger partial charge is 0.493 e. The predicted molar refractivity (Wildman–Crippen MR) is 92.4 cm³/mol. The van der Waals surface area contributed by atoms with E-state index in [0.717, 1.165) is 23.2 Å². The average molecular weight is 313 g/mol. The molecule has 0 spiro atoms. The lowest BCUT2D eigenvalue weighted by Gasteiger charge is -2.18. The summed E-state index contributed by atoms with van der Waals surface area (Å²) < 4.78 is 10.6. The lowest BCUT2D eigenvalue weighted by atomic mass is 9.95. The zero-order valence-electron chi connectivity index (χ0n) is 14.1. The van der Waals surface area contributed by atoms with E-state index in [9.17, 15) is 4.79 Å². The summed E-state index contributed by atoms with van der Waals surface area (Å²) >= 11 is 0. The number of benzene rings is 2. The van der Waals surface area contributed by atoms with Gasteiger partial charge in [0.2, 0.25) is 5.91 Å². The van der Waals surface area contributed by atoms with Gasteiger partial charge in [0.15, 0.2) is 11.5 Å². The summed E-state index contributed by atoms with van der Waals surface area (Å²) in [4.78, 5) is 12.7. The molecule has 23 heavy (non-hydrogen) atoms. The number of carbonyl (C=O) groups is 1. The van der Waals surface area contributed by atoms with E-state index in [0.29, 0.717) is 11.5 Å². The fourth-order valence-electron chi connectivity index (χ4n) is 2.59. The van der Waals surface area contributed by atoms with Crippen LogP contribution in [0.1, 0.15) is 30.4 Å². The second-order valence-corrected chi connectivity index (χ2v) is 5.38. The van der Waals surface area contributed by atoms with E-state index in [4.69, 9.17) is 9.47 Å². The summed E-state index contributed by atoms with van der Waals surface area (Å²) in [5.41, 5.74) is 2.69. The maximum Gasteiger partial charge on any atom is 0.231 e. The van der Waals surface area contributed by atoms with Gasteiger partial charge in [-0.2, -0.15) is 0 Å². The highest BCUT2D eigenvalue weighted by molar-refractivity contribution is 5.96. The normalized spacial score (nSPS) is 11.7. The van der Waals surface area contributed by atoms with Crippen LogP contribution in [0.3, 0.4) is 0 Å². The molecule has 0 radical (unpaired) electrons. The summed E-state index contributed by atoms with van der Waals surface area (Å²) in [7, 11) is 3.18. The van der Waals surface area contributed by atoms with Crippen LogP contribution in [0.5, 0.6) is 11.5 Å². The Kier molecular flexibility index (Phi) is 5.63. The minimum Gasteiger partial charge on any atom is -0.493 e. The van der Waals surface area contributed by atoms with Crippen LogP contribution >= 0.6 is 0 Å². The van der Waals surface area contributed by atoms with Gasteiger partial charge in [-0.1, -0.05) is 37.3 Å². The molecule has 0 saturated carbocycles. The van der Waals surface area contributed by atoms with E-state index in [1.165, 1.54) is 0 Å². The van der Waals surface area contributed by atoms with Crippen LogP contribution in [0.2, 0.25) is 0 Å². The van der Waals surface area contributed by atoms with Gasteiger partial charge in [-0.25, -0.2) is 0 Å². The van der Waals surface area contributed by atoms with Gasteiger partial charge in [0.1, 0.15) is 0 Å². The van der Waals surface area contributed by atoms with E-state index in [-0.39, 0.29) is 11.8 Å². The number of aryl methyl sites for hydroxylation is 1. The smallest absolute Gasteiger partial charge is 0.231 e. The van der Waals surface area contributed by atoms with E-state index >= 15 is 0 Å². The Labute approximate surface area is 137 Å². The van der Waals surface area contributed by atoms with Gasteiger partial charge in [-0.05, 0) is 30.5 Å². The molecule has 4 nitrogen and oxygen atoms in total. The third-order valence-electron chi connectivity index (χ3n) is 3.92. The molecule has 1 amide bonds. The second kappa shape index (κ2) is 7.68. The molecule has 0 aliphatic heterocycles. The first-order valence-corrected chi connectivity index (χ1v) is 7.69. The number of anilines is 1. The fourth-order valence-corrected chi connectivity index (χ4v) is 2.59.